The fourth-order valence-corrected chi connectivity index (χ4v) is 2.36. The molecule has 6 nitrogen and oxygen atoms in total. The molecule has 30 heavy (non-hydrogen) atoms. The molecule has 0 aliphatic heterocycles. The first-order valence-electron chi connectivity index (χ1n) is 9.30. The lowest BCUT2D eigenvalue weighted by atomic mass is 10.1. The van der Waals surface area contributed by atoms with E-state index in [1.165, 1.54) is 16.5 Å². The first kappa shape index (κ1) is 25.6. The number of amides is 1. The van der Waals surface area contributed by atoms with E-state index in [2.05, 4.69) is 15.6 Å². The number of ether oxygens (including phenoxy) is 1. The summed E-state index contributed by atoms with van der Waals surface area (Å²) in [5.74, 6) is -1.10. The fourth-order valence-electron chi connectivity index (χ4n) is 2.36. The Balaban J connectivity index is 0.00000450. The van der Waals surface area contributed by atoms with E-state index in [0.29, 0.717) is 19.0 Å². The van der Waals surface area contributed by atoms with Gasteiger partial charge in [-0.1, -0.05) is 30.3 Å². The number of hydrogen-bond donors (Lipinski definition) is 2. The van der Waals surface area contributed by atoms with Crippen LogP contribution in [0.2, 0.25) is 0 Å². The van der Waals surface area contributed by atoms with E-state index in [4.69, 9.17) is 4.74 Å². The zero-order valence-electron chi connectivity index (χ0n) is 17.0. The summed E-state index contributed by atoms with van der Waals surface area (Å²) in [4.78, 5) is 17.5. The van der Waals surface area contributed by atoms with Gasteiger partial charge in [-0.25, -0.2) is 13.8 Å². The van der Waals surface area contributed by atoms with Crippen LogP contribution in [0, 0.1) is 11.6 Å². The van der Waals surface area contributed by atoms with Gasteiger partial charge >= 0.3 is 0 Å². The van der Waals surface area contributed by atoms with Crippen LogP contribution in [-0.4, -0.2) is 57.1 Å². The number of aliphatic imine (C=N–C) groups is 1. The number of benzene rings is 2. The Morgan fingerprint density at radius 3 is 2.43 bits per heavy atom. The van der Waals surface area contributed by atoms with Gasteiger partial charge in [-0.2, -0.15) is 0 Å². The number of carbonyl (C=O) groups excluding carboxylic acids is 1. The summed E-state index contributed by atoms with van der Waals surface area (Å²) in [6, 6.07) is 13.1. The molecule has 2 aromatic rings. The van der Waals surface area contributed by atoms with Crippen molar-refractivity contribution in [1.29, 1.82) is 0 Å². The topological polar surface area (TPSA) is 66.0 Å². The summed E-state index contributed by atoms with van der Waals surface area (Å²) in [7, 11) is 3.33. The molecule has 0 spiro atoms. The maximum absolute atomic E-state index is 13.6. The summed E-state index contributed by atoms with van der Waals surface area (Å²) in [5, 5.41) is 6.22. The number of halogens is 3. The lowest BCUT2D eigenvalue weighted by molar-refractivity contribution is -0.127. The number of nitrogens with zero attached hydrogens (tertiary/aromatic N) is 2. The lowest BCUT2D eigenvalue weighted by Gasteiger charge is -2.14. The van der Waals surface area contributed by atoms with Crippen molar-refractivity contribution in [3.8, 4) is 5.75 Å². The Morgan fingerprint density at radius 2 is 1.77 bits per heavy atom. The highest BCUT2D eigenvalue weighted by molar-refractivity contribution is 14.0. The van der Waals surface area contributed by atoms with E-state index in [0.717, 1.165) is 18.6 Å². The fraction of sp³-hybridized carbons (Fsp3) is 0.333. The summed E-state index contributed by atoms with van der Waals surface area (Å²) >= 11 is 0. The molecule has 2 rings (SSSR count). The van der Waals surface area contributed by atoms with Crippen molar-refractivity contribution in [2.75, 3.05) is 40.3 Å². The molecule has 0 fully saturated rings. The van der Waals surface area contributed by atoms with Gasteiger partial charge in [-0.3, -0.25) is 4.79 Å². The van der Waals surface area contributed by atoms with Crippen LogP contribution in [0.3, 0.4) is 0 Å². The highest BCUT2D eigenvalue weighted by Crippen LogP contribution is 2.17. The average Bonchev–Trinajstić information content (AvgIpc) is 2.70. The third-order valence-electron chi connectivity index (χ3n) is 3.97. The molecule has 2 N–H and O–H groups in total. The maximum atomic E-state index is 13.6. The van der Waals surface area contributed by atoms with Gasteiger partial charge in [0.1, 0.15) is 19.0 Å². The molecule has 1 amide bonds. The molecule has 0 aliphatic rings. The Kier molecular flexibility index (Phi) is 11.7. The molecule has 2 aromatic carbocycles. The van der Waals surface area contributed by atoms with Crippen LogP contribution in [0.25, 0.3) is 0 Å². The highest BCUT2D eigenvalue weighted by atomic mass is 127. The minimum absolute atomic E-state index is 0. The summed E-state index contributed by atoms with van der Waals surface area (Å²) in [6.07, 6.45) is 0.792. The molecule has 164 valence electrons. The first-order chi connectivity index (χ1) is 14.0. The summed E-state index contributed by atoms with van der Waals surface area (Å²) in [5.41, 5.74) is 1.18. The van der Waals surface area contributed by atoms with E-state index >= 15 is 0 Å². The predicted molar refractivity (Wildman–Crippen MR) is 124 cm³/mol. The zero-order valence-corrected chi connectivity index (χ0v) is 19.4. The number of likely N-dealkylation sites (N-methyl/N-ethyl adjacent to an activating group) is 1. The second-order valence-electron chi connectivity index (χ2n) is 6.47. The highest BCUT2D eigenvalue weighted by Gasteiger charge is 2.06. The van der Waals surface area contributed by atoms with E-state index in [1.54, 1.807) is 14.1 Å². The molecular formula is C21H27F2IN4O2. The van der Waals surface area contributed by atoms with E-state index in [9.17, 15) is 13.6 Å². The molecule has 0 bridgehead atoms. The van der Waals surface area contributed by atoms with E-state index in [-0.39, 0.29) is 48.8 Å². The Morgan fingerprint density at radius 1 is 1.07 bits per heavy atom. The Labute approximate surface area is 192 Å². The number of nitrogens with one attached hydrogen (secondary N) is 2. The van der Waals surface area contributed by atoms with Crippen molar-refractivity contribution >= 4 is 35.8 Å². The smallest absolute Gasteiger partial charge is 0.243 e. The van der Waals surface area contributed by atoms with Gasteiger partial charge in [0, 0.05) is 26.7 Å². The van der Waals surface area contributed by atoms with Crippen LogP contribution < -0.4 is 15.4 Å². The molecule has 0 radical (unpaired) electrons. The number of rotatable bonds is 9. The number of hydrogen-bond acceptors (Lipinski definition) is 3. The summed E-state index contributed by atoms with van der Waals surface area (Å²) in [6.45, 7) is 1.09. The monoisotopic (exact) mass is 532 g/mol. The maximum Gasteiger partial charge on any atom is 0.243 e. The van der Waals surface area contributed by atoms with Crippen LogP contribution >= 0.6 is 24.0 Å². The van der Waals surface area contributed by atoms with Gasteiger partial charge in [-0.05, 0) is 24.1 Å². The number of carbonyl (C=O) groups is 1. The van der Waals surface area contributed by atoms with Crippen LogP contribution in [0.1, 0.15) is 5.56 Å². The minimum Gasteiger partial charge on any atom is -0.489 e. The third-order valence-corrected chi connectivity index (χ3v) is 3.97. The van der Waals surface area contributed by atoms with Crippen molar-refractivity contribution in [3.63, 3.8) is 0 Å². The molecule has 0 unspecified atom stereocenters. The molecule has 0 aliphatic carbocycles. The normalized spacial score (nSPS) is 10.7. The summed E-state index contributed by atoms with van der Waals surface area (Å²) < 4.78 is 31.8. The van der Waals surface area contributed by atoms with Gasteiger partial charge in [0.15, 0.2) is 17.5 Å². The van der Waals surface area contributed by atoms with Crippen molar-refractivity contribution in [1.82, 2.24) is 15.5 Å². The molecule has 9 heteroatoms. The van der Waals surface area contributed by atoms with Crippen molar-refractivity contribution in [2.24, 2.45) is 4.99 Å². The van der Waals surface area contributed by atoms with Crippen LogP contribution in [0.4, 0.5) is 8.78 Å². The van der Waals surface area contributed by atoms with E-state index < -0.39 is 11.6 Å². The molecule has 0 heterocycles. The number of guanidine groups is 1. The second-order valence-corrected chi connectivity index (χ2v) is 6.47. The zero-order chi connectivity index (χ0) is 21.1. The quantitative estimate of drug-likeness (QED) is 0.226. The second kappa shape index (κ2) is 13.7. The van der Waals surface area contributed by atoms with Gasteiger partial charge in [-0.15, -0.1) is 24.0 Å². The van der Waals surface area contributed by atoms with Crippen molar-refractivity contribution < 1.29 is 18.3 Å². The van der Waals surface area contributed by atoms with Gasteiger partial charge in [0.25, 0.3) is 0 Å². The first-order valence-corrected chi connectivity index (χ1v) is 9.30. The SMILES string of the molecule is CN(C)C(=O)CN=C(NCCOc1ccc(F)cc1F)NCCc1ccccc1.I. The van der Waals surface area contributed by atoms with Gasteiger partial charge in [0.2, 0.25) is 5.91 Å². The van der Waals surface area contributed by atoms with Crippen LogP contribution in [0.15, 0.2) is 53.5 Å². The third kappa shape index (κ3) is 9.38. The molecule has 0 aromatic heterocycles. The molecule has 0 saturated carbocycles. The standard InChI is InChI=1S/C21H26F2N4O2.HI/c1-27(2)20(28)15-26-21(24-11-10-16-6-4-3-5-7-16)25-12-13-29-19-9-8-17(22)14-18(19)23;/h3-9,14H,10-13,15H2,1-2H3,(H2,24,25,26);1H. The molecule has 0 atom stereocenters. The Bertz CT molecular complexity index is 820. The van der Waals surface area contributed by atoms with Crippen molar-refractivity contribution in [2.45, 2.75) is 6.42 Å². The lowest BCUT2D eigenvalue weighted by Crippen LogP contribution is -2.41. The van der Waals surface area contributed by atoms with Gasteiger partial charge < -0.3 is 20.3 Å². The van der Waals surface area contributed by atoms with Crippen molar-refractivity contribution in [3.05, 3.63) is 65.7 Å². The minimum atomic E-state index is -0.753. The van der Waals surface area contributed by atoms with Crippen LogP contribution in [-0.2, 0) is 11.2 Å². The van der Waals surface area contributed by atoms with E-state index in [1.807, 2.05) is 30.3 Å². The predicted octanol–water partition coefficient (Wildman–Crippen LogP) is 2.83. The largest absolute Gasteiger partial charge is 0.489 e. The average molecular weight is 532 g/mol. The van der Waals surface area contributed by atoms with Gasteiger partial charge in [0.05, 0.1) is 6.54 Å². The Hall–Kier alpha value is -2.43. The molecular weight excluding hydrogens is 505 g/mol. The van der Waals surface area contributed by atoms with Crippen LogP contribution in [0.5, 0.6) is 5.75 Å². The molecule has 0 saturated heterocycles.